The summed E-state index contributed by atoms with van der Waals surface area (Å²) in [6.45, 7) is 1.81. The van der Waals surface area contributed by atoms with Crippen molar-refractivity contribution in [2.24, 2.45) is 0 Å². The molecular formula is C22H20Cl2N2O3S2. The molecule has 0 aromatic heterocycles. The maximum Gasteiger partial charge on any atom is 0.261 e. The van der Waals surface area contributed by atoms with Crippen LogP contribution < -0.4 is 10.0 Å². The Balaban J connectivity index is 1.63. The van der Waals surface area contributed by atoms with Gasteiger partial charge in [-0.25, -0.2) is 8.42 Å². The number of amides is 1. The summed E-state index contributed by atoms with van der Waals surface area (Å²) >= 11 is 13.3. The predicted molar refractivity (Wildman–Crippen MR) is 129 cm³/mol. The third-order valence-electron chi connectivity index (χ3n) is 4.30. The Hall–Kier alpha value is -2.19. The van der Waals surface area contributed by atoms with E-state index in [-0.39, 0.29) is 17.2 Å². The number of benzene rings is 3. The van der Waals surface area contributed by atoms with E-state index >= 15 is 0 Å². The van der Waals surface area contributed by atoms with E-state index in [0.717, 1.165) is 10.5 Å². The van der Waals surface area contributed by atoms with Gasteiger partial charge in [-0.1, -0.05) is 29.3 Å². The fourth-order valence-electron chi connectivity index (χ4n) is 2.64. The molecule has 0 aliphatic heterocycles. The minimum Gasteiger partial charge on any atom is -0.326 e. The third-order valence-corrected chi connectivity index (χ3v) is 7.20. The van der Waals surface area contributed by atoms with Gasteiger partial charge in [-0.2, -0.15) is 0 Å². The topological polar surface area (TPSA) is 75.3 Å². The quantitative estimate of drug-likeness (QED) is 0.364. The zero-order valence-electron chi connectivity index (χ0n) is 16.6. The number of hydrogen-bond donors (Lipinski definition) is 2. The van der Waals surface area contributed by atoms with Crippen LogP contribution in [-0.4, -0.2) is 20.1 Å². The predicted octanol–water partition coefficient (Wildman–Crippen LogP) is 6.22. The molecule has 0 fully saturated rings. The highest BCUT2D eigenvalue weighted by Gasteiger charge is 2.16. The number of thioether (sulfide) groups is 1. The number of carbonyl (C=O) groups excluding carboxylic acids is 1. The van der Waals surface area contributed by atoms with Gasteiger partial charge in [0.1, 0.15) is 0 Å². The Labute approximate surface area is 196 Å². The molecule has 2 N–H and O–H groups in total. The molecule has 162 valence electrons. The van der Waals surface area contributed by atoms with Crippen LogP contribution in [0, 0.1) is 6.92 Å². The fourth-order valence-corrected chi connectivity index (χ4v) is 4.83. The standard InChI is InChI=1S/C22H20Cl2N2O3S2/c1-15-2-11-20(31(28,29)26-18-7-3-16(23)4-8-18)14-21(15)25-22(27)12-13-30-19-9-5-17(24)6-10-19/h2-11,14,26H,12-13H2,1H3,(H,25,27). The van der Waals surface area contributed by atoms with Gasteiger partial charge < -0.3 is 5.32 Å². The van der Waals surface area contributed by atoms with Crippen molar-refractivity contribution < 1.29 is 13.2 Å². The maximum atomic E-state index is 12.7. The number of carbonyl (C=O) groups is 1. The molecule has 5 nitrogen and oxygen atoms in total. The summed E-state index contributed by atoms with van der Waals surface area (Å²) in [7, 11) is -3.82. The zero-order chi connectivity index (χ0) is 22.4. The summed E-state index contributed by atoms with van der Waals surface area (Å²) < 4.78 is 27.9. The molecule has 0 atom stereocenters. The van der Waals surface area contributed by atoms with Crippen molar-refractivity contribution in [1.82, 2.24) is 0 Å². The van der Waals surface area contributed by atoms with Crippen molar-refractivity contribution in [3.63, 3.8) is 0 Å². The summed E-state index contributed by atoms with van der Waals surface area (Å²) in [4.78, 5) is 13.4. The molecule has 0 bridgehead atoms. The molecule has 1 amide bonds. The number of hydrogen-bond acceptors (Lipinski definition) is 4. The molecule has 3 aromatic rings. The van der Waals surface area contributed by atoms with E-state index in [2.05, 4.69) is 10.0 Å². The summed E-state index contributed by atoms with van der Waals surface area (Å²) in [6, 6.07) is 18.4. The van der Waals surface area contributed by atoms with Crippen LogP contribution in [0.25, 0.3) is 0 Å². The van der Waals surface area contributed by atoms with Crippen LogP contribution in [0.15, 0.2) is 76.5 Å². The van der Waals surface area contributed by atoms with E-state index in [1.54, 1.807) is 61.2 Å². The van der Waals surface area contributed by atoms with Gasteiger partial charge in [-0.3, -0.25) is 9.52 Å². The molecule has 0 unspecified atom stereocenters. The fraction of sp³-hybridized carbons (Fsp3) is 0.136. The van der Waals surface area contributed by atoms with E-state index < -0.39 is 10.0 Å². The van der Waals surface area contributed by atoms with Crippen molar-refractivity contribution in [3.8, 4) is 0 Å². The van der Waals surface area contributed by atoms with Crippen LogP contribution in [0.3, 0.4) is 0 Å². The first kappa shape index (κ1) is 23.5. The highest BCUT2D eigenvalue weighted by atomic mass is 35.5. The van der Waals surface area contributed by atoms with Crippen molar-refractivity contribution in [2.75, 3.05) is 15.8 Å². The molecule has 0 aliphatic carbocycles. The van der Waals surface area contributed by atoms with Gasteiger partial charge in [-0.05, 0) is 73.2 Å². The average Bonchev–Trinajstić information content (AvgIpc) is 2.72. The summed E-state index contributed by atoms with van der Waals surface area (Å²) in [5.41, 5.74) is 1.62. The van der Waals surface area contributed by atoms with Gasteiger partial charge in [0.2, 0.25) is 5.91 Å². The van der Waals surface area contributed by atoms with Gasteiger partial charge in [-0.15, -0.1) is 11.8 Å². The summed E-state index contributed by atoms with van der Waals surface area (Å²) in [5, 5.41) is 3.98. The Bertz CT molecular complexity index is 1170. The Kier molecular flexibility index (Phi) is 7.89. The van der Waals surface area contributed by atoms with Crippen molar-refractivity contribution in [3.05, 3.63) is 82.3 Å². The average molecular weight is 495 g/mol. The van der Waals surface area contributed by atoms with E-state index in [1.807, 2.05) is 12.1 Å². The monoisotopic (exact) mass is 494 g/mol. The minimum atomic E-state index is -3.82. The third kappa shape index (κ3) is 6.90. The van der Waals surface area contributed by atoms with E-state index in [0.29, 0.717) is 27.2 Å². The molecule has 31 heavy (non-hydrogen) atoms. The van der Waals surface area contributed by atoms with E-state index in [4.69, 9.17) is 23.2 Å². The molecule has 3 rings (SSSR count). The second kappa shape index (κ2) is 10.4. The molecule has 0 saturated carbocycles. The number of anilines is 2. The van der Waals surface area contributed by atoms with Crippen molar-refractivity contribution in [1.29, 1.82) is 0 Å². The molecule has 0 aliphatic rings. The second-order valence-corrected chi connectivity index (χ2v) is 10.4. The molecular weight excluding hydrogens is 475 g/mol. The maximum absolute atomic E-state index is 12.7. The second-order valence-electron chi connectivity index (χ2n) is 6.69. The highest BCUT2D eigenvalue weighted by molar-refractivity contribution is 7.99. The Morgan fingerprint density at radius 1 is 0.935 bits per heavy atom. The van der Waals surface area contributed by atoms with Gasteiger partial charge in [0.25, 0.3) is 10.0 Å². The number of aryl methyl sites for hydroxylation is 1. The number of rotatable bonds is 8. The normalized spacial score (nSPS) is 11.2. The SMILES string of the molecule is Cc1ccc(S(=O)(=O)Nc2ccc(Cl)cc2)cc1NC(=O)CCSc1ccc(Cl)cc1. The first-order chi connectivity index (χ1) is 14.7. The number of halogens is 2. The molecule has 0 spiro atoms. The Morgan fingerprint density at radius 3 is 2.19 bits per heavy atom. The first-order valence-corrected chi connectivity index (χ1v) is 12.5. The lowest BCUT2D eigenvalue weighted by Gasteiger charge is -2.12. The van der Waals surface area contributed by atoms with E-state index in [1.165, 1.54) is 12.1 Å². The number of sulfonamides is 1. The Morgan fingerprint density at radius 2 is 1.55 bits per heavy atom. The largest absolute Gasteiger partial charge is 0.326 e. The van der Waals surface area contributed by atoms with Crippen molar-refractivity contribution in [2.45, 2.75) is 23.1 Å². The highest BCUT2D eigenvalue weighted by Crippen LogP contribution is 2.24. The molecule has 3 aromatic carbocycles. The molecule has 9 heteroatoms. The summed E-state index contributed by atoms with van der Waals surface area (Å²) in [5.74, 6) is 0.396. The van der Waals surface area contributed by atoms with Crippen LogP contribution in [0.4, 0.5) is 11.4 Å². The molecule has 0 saturated heterocycles. The van der Waals surface area contributed by atoms with E-state index in [9.17, 15) is 13.2 Å². The first-order valence-electron chi connectivity index (χ1n) is 9.30. The lowest BCUT2D eigenvalue weighted by Crippen LogP contribution is -2.16. The van der Waals surface area contributed by atoms with Gasteiger partial charge >= 0.3 is 0 Å². The van der Waals surface area contributed by atoms with Crippen LogP contribution >= 0.6 is 35.0 Å². The minimum absolute atomic E-state index is 0.0545. The smallest absolute Gasteiger partial charge is 0.261 e. The van der Waals surface area contributed by atoms with Gasteiger partial charge in [0.15, 0.2) is 0 Å². The summed E-state index contributed by atoms with van der Waals surface area (Å²) in [6.07, 6.45) is 0.284. The van der Waals surface area contributed by atoms with Crippen LogP contribution in [0.5, 0.6) is 0 Å². The lowest BCUT2D eigenvalue weighted by molar-refractivity contribution is -0.115. The number of nitrogens with one attached hydrogen (secondary N) is 2. The van der Waals surface area contributed by atoms with Gasteiger partial charge in [0, 0.05) is 38.5 Å². The van der Waals surface area contributed by atoms with Crippen LogP contribution in [0.2, 0.25) is 10.0 Å². The lowest BCUT2D eigenvalue weighted by atomic mass is 10.2. The molecule has 0 radical (unpaired) electrons. The van der Waals surface area contributed by atoms with Crippen LogP contribution in [0.1, 0.15) is 12.0 Å². The zero-order valence-corrected chi connectivity index (χ0v) is 19.7. The van der Waals surface area contributed by atoms with Crippen LogP contribution in [-0.2, 0) is 14.8 Å². The van der Waals surface area contributed by atoms with Crippen molar-refractivity contribution >= 4 is 62.3 Å². The van der Waals surface area contributed by atoms with Gasteiger partial charge in [0.05, 0.1) is 4.90 Å². The molecule has 0 heterocycles.